The van der Waals surface area contributed by atoms with Crippen LogP contribution >= 0.6 is 0 Å². The molecule has 0 radical (unpaired) electrons. The van der Waals surface area contributed by atoms with Gasteiger partial charge in [0.25, 0.3) is 0 Å². The molecule has 0 aliphatic heterocycles. The van der Waals surface area contributed by atoms with Crippen molar-refractivity contribution in [1.82, 2.24) is 0 Å². The molecule has 0 atom stereocenters. The second-order valence-corrected chi connectivity index (χ2v) is 6.10. The zero-order chi connectivity index (χ0) is 13.1. The van der Waals surface area contributed by atoms with Crippen LogP contribution in [0.5, 0.6) is 0 Å². The van der Waals surface area contributed by atoms with Crippen molar-refractivity contribution in [3.63, 3.8) is 0 Å². The number of carbonyl (C=O) groups is 1. The van der Waals surface area contributed by atoms with Gasteiger partial charge < -0.3 is 10.5 Å². The fourth-order valence-corrected chi connectivity index (χ4v) is 1.56. The van der Waals surface area contributed by atoms with Crippen LogP contribution in [0.25, 0.3) is 0 Å². The van der Waals surface area contributed by atoms with E-state index in [0.717, 1.165) is 11.8 Å². The summed E-state index contributed by atoms with van der Waals surface area (Å²) >= 11 is 0. The molecule has 1 aromatic rings. The van der Waals surface area contributed by atoms with Gasteiger partial charge in [0.1, 0.15) is 6.61 Å². The van der Waals surface area contributed by atoms with Crippen LogP contribution in [0.3, 0.4) is 0 Å². The van der Waals surface area contributed by atoms with E-state index >= 15 is 0 Å². The number of nitrogens with two attached hydrogens (primary N) is 1. The summed E-state index contributed by atoms with van der Waals surface area (Å²) in [7, 11) is -3.11. The standard InChI is InChI=1S/C11H15NO4S/c1-8-7-9(3-4-10(8)12)11(13)16-5-6-17(2,14)15/h3-4,7H,5-6,12H2,1-2H3. The van der Waals surface area contributed by atoms with Crippen molar-refractivity contribution in [2.45, 2.75) is 6.92 Å². The third kappa shape index (κ3) is 4.44. The molecule has 0 spiro atoms. The Balaban J connectivity index is 2.61. The van der Waals surface area contributed by atoms with Gasteiger partial charge in [-0.2, -0.15) is 0 Å². The van der Waals surface area contributed by atoms with E-state index in [1.807, 2.05) is 0 Å². The number of esters is 1. The van der Waals surface area contributed by atoms with E-state index in [4.69, 9.17) is 10.5 Å². The summed E-state index contributed by atoms with van der Waals surface area (Å²) in [5.41, 5.74) is 7.36. The molecule has 5 nitrogen and oxygen atoms in total. The average molecular weight is 257 g/mol. The van der Waals surface area contributed by atoms with Gasteiger partial charge >= 0.3 is 5.97 Å². The number of sulfone groups is 1. The predicted octanol–water partition coefficient (Wildman–Crippen LogP) is 0.779. The zero-order valence-electron chi connectivity index (χ0n) is 9.76. The minimum absolute atomic E-state index is 0.138. The molecule has 1 rings (SSSR count). The Morgan fingerprint density at radius 2 is 2.06 bits per heavy atom. The highest BCUT2D eigenvalue weighted by Crippen LogP contribution is 2.13. The number of rotatable bonds is 4. The molecule has 0 aliphatic rings. The Kier molecular flexibility index (Phi) is 4.11. The van der Waals surface area contributed by atoms with E-state index in [-0.39, 0.29) is 12.4 Å². The Labute approximate surface area is 100 Å². The summed E-state index contributed by atoms with van der Waals surface area (Å²) in [5, 5.41) is 0. The van der Waals surface area contributed by atoms with Crippen molar-refractivity contribution < 1.29 is 17.9 Å². The van der Waals surface area contributed by atoms with Crippen molar-refractivity contribution in [2.75, 3.05) is 24.3 Å². The van der Waals surface area contributed by atoms with Crippen LogP contribution in [0.15, 0.2) is 18.2 Å². The summed E-state index contributed by atoms with van der Waals surface area (Å²) in [6, 6.07) is 4.77. The summed E-state index contributed by atoms with van der Waals surface area (Å²) in [6.07, 6.45) is 1.09. The predicted molar refractivity (Wildman–Crippen MR) is 65.6 cm³/mol. The molecule has 0 aliphatic carbocycles. The third-order valence-corrected chi connectivity index (χ3v) is 3.10. The van der Waals surface area contributed by atoms with Crippen molar-refractivity contribution in [3.8, 4) is 0 Å². The lowest BCUT2D eigenvalue weighted by Gasteiger charge is -2.06. The fraction of sp³-hybridized carbons (Fsp3) is 0.364. The van der Waals surface area contributed by atoms with Crippen LogP contribution in [-0.2, 0) is 14.6 Å². The Morgan fingerprint density at radius 1 is 1.41 bits per heavy atom. The Hall–Kier alpha value is -1.56. The first-order chi connectivity index (χ1) is 7.79. The number of ether oxygens (including phenoxy) is 1. The summed E-state index contributed by atoms with van der Waals surface area (Å²) in [4.78, 5) is 11.5. The number of carbonyl (C=O) groups excluding carboxylic acids is 1. The molecule has 2 N–H and O–H groups in total. The van der Waals surface area contributed by atoms with Crippen molar-refractivity contribution in [3.05, 3.63) is 29.3 Å². The van der Waals surface area contributed by atoms with Crippen LogP contribution in [-0.4, -0.2) is 33.0 Å². The maximum absolute atomic E-state index is 11.5. The third-order valence-electron chi connectivity index (χ3n) is 2.19. The number of nitrogen functional groups attached to an aromatic ring is 1. The quantitative estimate of drug-likeness (QED) is 0.636. The lowest BCUT2D eigenvalue weighted by atomic mass is 10.1. The topological polar surface area (TPSA) is 86.5 Å². The van der Waals surface area contributed by atoms with E-state index in [2.05, 4.69) is 0 Å². The monoisotopic (exact) mass is 257 g/mol. The van der Waals surface area contributed by atoms with E-state index in [1.54, 1.807) is 25.1 Å². The fourth-order valence-electron chi connectivity index (χ4n) is 1.17. The molecule has 17 heavy (non-hydrogen) atoms. The van der Waals surface area contributed by atoms with Crippen LogP contribution in [0.4, 0.5) is 5.69 Å². The number of aryl methyl sites for hydroxylation is 1. The molecular formula is C11H15NO4S. The largest absolute Gasteiger partial charge is 0.461 e. The summed E-state index contributed by atoms with van der Waals surface area (Å²) in [6.45, 7) is 1.64. The molecule has 0 saturated heterocycles. The van der Waals surface area contributed by atoms with Gasteiger partial charge in [0.15, 0.2) is 9.84 Å². The van der Waals surface area contributed by atoms with Crippen LogP contribution in [0, 0.1) is 6.92 Å². The summed E-state index contributed by atoms with van der Waals surface area (Å²) < 4.78 is 26.5. The maximum atomic E-state index is 11.5. The maximum Gasteiger partial charge on any atom is 0.338 e. The van der Waals surface area contributed by atoms with Crippen molar-refractivity contribution in [2.24, 2.45) is 0 Å². The molecule has 0 aromatic heterocycles. The average Bonchev–Trinajstić information content (AvgIpc) is 2.20. The molecule has 94 valence electrons. The molecule has 0 bridgehead atoms. The van der Waals surface area contributed by atoms with Crippen LogP contribution in [0.2, 0.25) is 0 Å². The first-order valence-electron chi connectivity index (χ1n) is 5.00. The van der Waals surface area contributed by atoms with Crippen molar-refractivity contribution in [1.29, 1.82) is 0 Å². The van der Waals surface area contributed by atoms with Gasteiger partial charge in [0.2, 0.25) is 0 Å². The SMILES string of the molecule is Cc1cc(C(=O)OCCS(C)(=O)=O)ccc1N. The second kappa shape index (κ2) is 5.18. The molecule has 0 unspecified atom stereocenters. The first-order valence-corrected chi connectivity index (χ1v) is 7.06. The molecule has 6 heteroatoms. The van der Waals surface area contributed by atoms with Gasteiger partial charge in [0, 0.05) is 11.9 Å². The molecule has 0 heterocycles. The normalized spacial score (nSPS) is 11.2. The zero-order valence-corrected chi connectivity index (χ0v) is 10.6. The van der Waals surface area contributed by atoms with Gasteiger partial charge in [-0.05, 0) is 30.7 Å². The minimum Gasteiger partial charge on any atom is -0.461 e. The molecule has 1 aromatic carbocycles. The van der Waals surface area contributed by atoms with E-state index < -0.39 is 15.8 Å². The second-order valence-electron chi connectivity index (χ2n) is 3.84. The summed E-state index contributed by atoms with van der Waals surface area (Å²) in [5.74, 6) is -0.719. The Bertz CT molecular complexity index is 522. The van der Waals surface area contributed by atoms with E-state index in [0.29, 0.717) is 11.3 Å². The van der Waals surface area contributed by atoms with Gasteiger partial charge in [-0.25, -0.2) is 13.2 Å². The first kappa shape index (κ1) is 13.5. The lowest BCUT2D eigenvalue weighted by molar-refractivity contribution is 0.0529. The number of hydrogen-bond donors (Lipinski definition) is 1. The van der Waals surface area contributed by atoms with Crippen molar-refractivity contribution >= 4 is 21.5 Å². The van der Waals surface area contributed by atoms with E-state index in [9.17, 15) is 13.2 Å². The smallest absolute Gasteiger partial charge is 0.338 e. The van der Waals surface area contributed by atoms with E-state index in [1.165, 1.54) is 0 Å². The van der Waals surface area contributed by atoms with Crippen LogP contribution in [0.1, 0.15) is 15.9 Å². The minimum atomic E-state index is -3.11. The highest BCUT2D eigenvalue weighted by molar-refractivity contribution is 7.90. The van der Waals surface area contributed by atoms with Crippen LogP contribution < -0.4 is 5.73 Å². The molecule has 0 amide bonds. The molecule has 0 saturated carbocycles. The molecular weight excluding hydrogens is 242 g/mol. The van der Waals surface area contributed by atoms with Gasteiger partial charge in [-0.3, -0.25) is 0 Å². The Morgan fingerprint density at radius 3 is 2.59 bits per heavy atom. The van der Waals surface area contributed by atoms with Gasteiger partial charge in [-0.15, -0.1) is 0 Å². The number of hydrogen-bond acceptors (Lipinski definition) is 5. The van der Waals surface area contributed by atoms with Gasteiger partial charge in [0.05, 0.1) is 11.3 Å². The lowest BCUT2D eigenvalue weighted by Crippen LogP contribution is -2.14. The highest BCUT2D eigenvalue weighted by atomic mass is 32.2. The van der Waals surface area contributed by atoms with Gasteiger partial charge in [-0.1, -0.05) is 0 Å². The highest BCUT2D eigenvalue weighted by Gasteiger charge is 2.10. The number of benzene rings is 1. The molecule has 0 fully saturated rings. The number of anilines is 1.